The predicted octanol–water partition coefficient (Wildman–Crippen LogP) is 3.37. The van der Waals surface area contributed by atoms with Gasteiger partial charge in [0.2, 0.25) is 0 Å². The van der Waals surface area contributed by atoms with E-state index in [1.807, 2.05) is 0 Å². The lowest BCUT2D eigenvalue weighted by Gasteiger charge is -2.08. The van der Waals surface area contributed by atoms with E-state index in [0.29, 0.717) is 0 Å². The molecule has 2 nitrogen and oxygen atoms in total. The minimum absolute atomic E-state index is 0.0692. The van der Waals surface area contributed by atoms with Crippen LogP contribution in [0.15, 0.2) is 16.6 Å². The zero-order valence-electron chi connectivity index (χ0n) is 10.2. The first-order valence-electron chi connectivity index (χ1n) is 6.10. The van der Waals surface area contributed by atoms with E-state index >= 15 is 0 Å². The fourth-order valence-corrected chi connectivity index (χ4v) is 2.03. The molecule has 0 amide bonds. The van der Waals surface area contributed by atoms with Crippen LogP contribution >= 0.6 is 15.9 Å². The zero-order chi connectivity index (χ0) is 13.4. The predicted molar refractivity (Wildman–Crippen MR) is 71.3 cm³/mol. The first-order chi connectivity index (χ1) is 8.66. The lowest BCUT2D eigenvalue weighted by atomic mass is 10.2. The van der Waals surface area contributed by atoms with Crippen molar-refractivity contribution in [3.05, 3.63) is 33.8 Å². The molecule has 0 fully saturated rings. The summed E-state index contributed by atoms with van der Waals surface area (Å²) in [7, 11) is 0. The van der Waals surface area contributed by atoms with Crippen molar-refractivity contribution in [2.75, 3.05) is 13.2 Å². The molecule has 1 rings (SSSR count). The molecule has 2 N–H and O–H groups in total. The quantitative estimate of drug-likeness (QED) is 0.568. The molecule has 0 unspecified atom stereocenters. The SMILES string of the molecule is OCCCCCCNCc1c(F)ccc(Br)c1F. The third-order valence-corrected chi connectivity index (χ3v) is 3.31. The summed E-state index contributed by atoms with van der Waals surface area (Å²) in [6.07, 6.45) is 3.75. The number of aliphatic hydroxyl groups is 1. The number of hydrogen-bond acceptors (Lipinski definition) is 2. The van der Waals surface area contributed by atoms with Crippen LogP contribution in [0.3, 0.4) is 0 Å². The van der Waals surface area contributed by atoms with Gasteiger partial charge in [-0.25, -0.2) is 8.78 Å². The second-order valence-corrected chi connectivity index (χ2v) is 4.99. The third kappa shape index (κ3) is 5.00. The number of halogens is 3. The first kappa shape index (κ1) is 15.5. The molecule has 0 radical (unpaired) electrons. The molecule has 102 valence electrons. The Hall–Kier alpha value is -0.520. The van der Waals surface area contributed by atoms with Gasteiger partial charge >= 0.3 is 0 Å². The average Bonchev–Trinajstić information content (AvgIpc) is 2.36. The van der Waals surface area contributed by atoms with Crippen molar-refractivity contribution in [2.24, 2.45) is 0 Å². The maximum atomic E-state index is 13.6. The summed E-state index contributed by atoms with van der Waals surface area (Å²) in [5.74, 6) is -1.06. The van der Waals surface area contributed by atoms with Gasteiger partial charge in [-0.3, -0.25) is 0 Å². The Balaban J connectivity index is 2.29. The van der Waals surface area contributed by atoms with Crippen LogP contribution in [0.25, 0.3) is 0 Å². The summed E-state index contributed by atoms with van der Waals surface area (Å²) in [5.41, 5.74) is 0.0692. The maximum Gasteiger partial charge on any atom is 0.144 e. The van der Waals surface area contributed by atoms with Gasteiger partial charge in [0, 0.05) is 18.7 Å². The largest absolute Gasteiger partial charge is 0.396 e. The van der Waals surface area contributed by atoms with Crippen molar-refractivity contribution in [3.63, 3.8) is 0 Å². The number of unbranched alkanes of at least 4 members (excludes halogenated alkanes) is 3. The van der Waals surface area contributed by atoms with E-state index in [1.54, 1.807) is 0 Å². The van der Waals surface area contributed by atoms with Gasteiger partial charge in [0.15, 0.2) is 0 Å². The van der Waals surface area contributed by atoms with E-state index in [1.165, 1.54) is 12.1 Å². The van der Waals surface area contributed by atoms with Crippen LogP contribution in [0.5, 0.6) is 0 Å². The van der Waals surface area contributed by atoms with Gasteiger partial charge in [0.1, 0.15) is 11.6 Å². The number of benzene rings is 1. The zero-order valence-corrected chi connectivity index (χ0v) is 11.8. The Morgan fingerprint density at radius 3 is 2.56 bits per heavy atom. The summed E-state index contributed by atoms with van der Waals surface area (Å²) in [4.78, 5) is 0. The Bertz CT molecular complexity index is 374. The van der Waals surface area contributed by atoms with E-state index < -0.39 is 11.6 Å². The molecule has 1 aromatic rings. The molecule has 0 aliphatic carbocycles. The van der Waals surface area contributed by atoms with Crippen molar-refractivity contribution >= 4 is 15.9 Å². The van der Waals surface area contributed by atoms with E-state index in [0.717, 1.165) is 32.2 Å². The standard InChI is InChI=1S/C13H18BrF2NO/c14-11-5-6-12(15)10(13(11)16)9-17-7-3-1-2-4-8-18/h5-6,17-18H,1-4,7-9H2. The fraction of sp³-hybridized carbons (Fsp3) is 0.538. The summed E-state index contributed by atoms with van der Waals surface area (Å²) in [6, 6.07) is 2.62. The second-order valence-electron chi connectivity index (χ2n) is 4.14. The van der Waals surface area contributed by atoms with Gasteiger partial charge in [-0.05, 0) is 47.4 Å². The molecular formula is C13H18BrF2NO. The highest BCUT2D eigenvalue weighted by Crippen LogP contribution is 2.21. The Labute approximate surface area is 115 Å². The smallest absolute Gasteiger partial charge is 0.144 e. The van der Waals surface area contributed by atoms with Gasteiger partial charge in [-0.2, -0.15) is 0 Å². The second kappa shape index (κ2) is 8.56. The number of rotatable bonds is 8. The first-order valence-corrected chi connectivity index (χ1v) is 6.90. The molecule has 0 saturated carbocycles. The monoisotopic (exact) mass is 321 g/mol. The molecule has 5 heteroatoms. The molecule has 0 bridgehead atoms. The summed E-state index contributed by atoms with van der Waals surface area (Å²) in [6.45, 7) is 1.13. The van der Waals surface area contributed by atoms with Crippen molar-refractivity contribution in [1.29, 1.82) is 0 Å². The molecule has 0 heterocycles. The summed E-state index contributed by atoms with van der Waals surface area (Å²) >= 11 is 3.04. The maximum absolute atomic E-state index is 13.6. The highest BCUT2D eigenvalue weighted by molar-refractivity contribution is 9.10. The van der Waals surface area contributed by atoms with Crippen LogP contribution in [0, 0.1) is 11.6 Å². The van der Waals surface area contributed by atoms with Gasteiger partial charge in [0.05, 0.1) is 4.47 Å². The van der Waals surface area contributed by atoms with Crippen molar-refractivity contribution < 1.29 is 13.9 Å². The van der Waals surface area contributed by atoms with Gasteiger partial charge in [0.25, 0.3) is 0 Å². The molecule has 0 aliphatic rings. The minimum Gasteiger partial charge on any atom is -0.396 e. The molecular weight excluding hydrogens is 304 g/mol. The summed E-state index contributed by atoms with van der Waals surface area (Å²) in [5, 5.41) is 11.6. The average molecular weight is 322 g/mol. The Morgan fingerprint density at radius 1 is 1.11 bits per heavy atom. The normalized spacial score (nSPS) is 10.9. The lowest BCUT2D eigenvalue weighted by Crippen LogP contribution is -2.17. The topological polar surface area (TPSA) is 32.3 Å². The van der Waals surface area contributed by atoms with Crippen LogP contribution in [0.2, 0.25) is 0 Å². The van der Waals surface area contributed by atoms with Crippen molar-refractivity contribution in [3.8, 4) is 0 Å². The highest BCUT2D eigenvalue weighted by Gasteiger charge is 2.11. The third-order valence-electron chi connectivity index (χ3n) is 2.70. The van der Waals surface area contributed by atoms with Crippen molar-refractivity contribution in [1.82, 2.24) is 5.32 Å². The van der Waals surface area contributed by atoms with Crippen LogP contribution in [-0.2, 0) is 6.54 Å². The van der Waals surface area contributed by atoms with E-state index in [9.17, 15) is 8.78 Å². The van der Waals surface area contributed by atoms with Crippen LogP contribution in [-0.4, -0.2) is 18.3 Å². The summed E-state index contributed by atoms with van der Waals surface area (Å²) < 4.78 is 27.2. The molecule has 18 heavy (non-hydrogen) atoms. The molecule has 0 aromatic heterocycles. The number of nitrogens with one attached hydrogen (secondary N) is 1. The van der Waals surface area contributed by atoms with Gasteiger partial charge in [-0.15, -0.1) is 0 Å². The molecule has 0 spiro atoms. The molecule has 0 atom stereocenters. The Kier molecular flexibility index (Phi) is 7.39. The van der Waals surface area contributed by atoms with Crippen LogP contribution in [0.4, 0.5) is 8.78 Å². The number of hydrogen-bond donors (Lipinski definition) is 2. The fourth-order valence-electron chi connectivity index (χ4n) is 1.66. The van der Waals surface area contributed by atoms with Crippen molar-refractivity contribution in [2.45, 2.75) is 32.2 Å². The molecule has 0 aliphatic heterocycles. The highest BCUT2D eigenvalue weighted by atomic mass is 79.9. The minimum atomic E-state index is -0.539. The van der Waals surface area contributed by atoms with Gasteiger partial charge in [-0.1, -0.05) is 12.8 Å². The molecule has 0 saturated heterocycles. The van der Waals surface area contributed by atoms with Crippen LogP contribution < -0.4 is 5.32 Å². The van der Waals surface area contributed by atoms with E-state index in [-0.39, 0.29) is 23.2 Å². The van der Waals surface area contributed by atoms with E-state index in [4.69, 9.17) is 5.11 Å². The number of aliphatic hydroxyl groups excluding tert-OH is 1. The van der Waals surface area contributed by atoms with Crippen LogP contribution in [0.1, 0.15) is 31.2 Å². The van der Waals surface area contributed by atoms with E-state index in [2.05, 4.69) is 21.2 Å². The Morgan fingerprint density at radius 2 is 1.83 bits per heavy atom. The molecule has 1 aromatic carbocycles. The lowest BCUT2D eigenvalue weighted by molar-refractivity contribution is 0.282. The van der Waals surface area contributed by atoms with Gasteiger partial charge < -0.3 is 10.4 Å².